The van der Waals surface area contributed by atoms with E-state index >= 15 is 0 Å². The van der Waals surface area contributed by atoms with E-state index in [0.717, 1.165) is 5.56 Å². The van der Waals surface area contributed by atoms with E-state index in [4.69, 9.17) is 9.15 Å². The number of carbonyl (C=O) groups is 2. The molecule has 6 nitrogen and oxygen atoms in total. The van der Waals surface area contributed by atoms with Crippen molar-refractivity contribution >= 4 is 17.9 Å². The number of methoxy groups -OCH3 is 1. The second kappa shape index (κ2) is 8.38. The molecule has 0 saturated carbocycles. The summed E-state index contributed by atoms with van der Waals surface area (Å²) in [6.45, 7) is 3.83. The van der Waals surface area contributed by atoms with E-state index in [1.54, 1.807) is 49.6 Å². The third-order valence-electron chi connectivity index (χ3n) is 3.07. The topological polar surface area (TPSA) is 80.6 Å². The van der Waals surface area contributed by atoms with E-state index in [1.807, 2.05) is 0 Å². The lowest BCUT2D eigenvalue weighted by Gasteiger charge is -2.09. The van der Waals surface area contributed by atoms with Crippen molar-refractivity contribution in [3.63, 3.8) is 0 Å². The van der Waals surface area contributed by atoms with Crippen molar-refractivity contribution in [2.45, 2.75) is 0 Å². The molecule has 0 aliphatic rings. The first kappa shape index (κ1) is 17.1. The van der Waals surface area contributed by atoms with Gasteiger partial charge in [-0.15, -0.1) is 6.58 Å². The zero-order chi connectivity index (χ0) is 17.4. The monoisotopic (exact) mass is 326 g/mol. The van der Waals surface area contributed by atoms with Crippen LogP contribution in [0.1, 0.15) is 16.1 Å². The summed E-state index contributed by atoms with van der Waals surface area (Å²) in [7, 11) is 1.57. The van der Waals surface area contributed by atoms with Crippen LogP contribution in [0.4, 0.5) is 0 Å². The molecular weight excluding hydrogens is 308 g/mol. The van der Waals surface area contributed by atoms with Gasteiger partial charge in [0.05, 0.1) is 13.4 Å². The zero-order valence-electron chi connectivity index (χ0n) is 13.2. The number of nitrogens with one attached hydrogen (secondary N) is 2. The highest BCUT2D eigenvalue weighted by Gasteiger charge is 2.15. The summed E-state index contributed by atoms with van der Waals surface area (Å²) in [5.41, 5.74) is 0.836. The molecule has 1 aromatic carbocycles. The van der Waals surface area contributed by atoms with E-state index in [1.165, 1.54) is 12.3 Å². The molecule has 0 aliphatic carbocycles. The highest BCUT2D eigenvalue weighted by molar-refractivity contribution is 6.04. The molecule has 0 radical (unpaired) electrons. The van der Waals surface area contributed by atoms with Crippen LogP contribution in [0.25, 0.3) is 6.08 Å². The fourth-order valence-corrected chi connectivity index (χ4v) is 1.88. The molecule has 6 heteroatoms. The summed E-state index contributed by atoms with van der Waals surface area (Å²) in [5.74, 6) is -0.115. The fourth-order valence-electron chi connectivity index (χ4n) is 1.88. The number of hydrogen-bond acceptors (Lipinski definition) is 4. The van der Waals surface area contributed by atoms with E-state index in [-0.39, 0.29) is 18.0 Å². The van der Waals surface area contributed by atoms with Crippen LogP contribution in [0, 0.1) is 0 Å². The molecule has 2 N–H and O–H groups in total. The van der Waals surface area contributed by atoms with Crippen LogP contribution in [-0.4, -0.2) is 25.5 Å². The molecule has 0 aliphatic heterocycles. The molecule has 0 bridgehead atoms. The Labute approximate surface area is 139 Å². The summed E-state index contributed by atoms with van der Waals surface area (Å²) in [6.07, 6.45) is 4.51. The van der Waals surface area contributed by atoms with E-state index in [9.17, 15) is 9.59 Å². The number of rotatable bonds is 7. The molecule has 2 rings (SSSR count). The molecule has 2 amide bonds. The van der Waals surface area contributed by atoms with Crippen LogP contribution in [-0.2, 0) is 4.79 Å². The average molecular weight is 326 g/mol. The van der Waals surface area contributed by atoms with Gasteiger partial charge in [-0.25, -0.2) is 0 Å². The normalized spacial score (nSPS) is 10.8. The molecule has 1 aromatic heterocycles. The Morgan fingerprint density at radius 1 is 1.25 bits per heavy atom. The smallest absolute Gasteiger partial charge is 0.291 e. The van der Waals surface area contributed by atoms with Gasteiger partial charge in [0.25, 0.3) is 11.8 Å². The first-order valence-electron chi connectivity index (χ1n) is 7.23. The van der Waals surface area contributed by atoms with Gasteiger partial charge in [0.1, 0.15) is 11.4 Å². The van der Waals surface area contributed by atoms with Gasteiger partial charge in [0.15, 0.2) is 5.76 Å². The zero-order valence-corrected chi connectivity index (χ0v) is 13.2. The van der Waals surface area contributed by atoms with E-state index < -0.39 is 11.8 Å². The third-order valence-corrected chi connectivity index (χ3v) is 3.07. The summed E-state index contributed by atoms with van der Waals surface area (Å²) in [4.78, 5) is 24.4. The van der Waals surface area contributed by atoms with Gasteiger partial charge in [0.2, 0.25) is 0 Å². The summed E-state index contributed by atoms with van der Waals surface area (Å²) < 4.78 is 10.1. The van der Waals surface area contributed by atoms with Gasteiger partial charge in [-0.1, -0.05) is 18.2 Å². The summed E-state index contributed by atoms with van der Waals surface area (Å²) in [5, 5.41) is 5.19. The number of benzene rings is 1. The highest BCUT2D eigenvalue weighted by Crippen LogP contribution is 2.14. The Bertz CT molecular complexity index is 731. The van der Waals surface area contributed by atoms with Crippen molar-refractivity contribution in [3.05, 3.63) is 72.3 Å². The lowest BCUT2D eigenvalue weighted by atomic mass is 10.1. The standard InChI is InChI=1S/C18H18N2O4/c1-3-10-19-17(21)15(20-18(22)16-5-4-11-24-16)12-13-6-8-14(23-2)9-7-13/h3-9,11-12H,1,10H2,2H3,(H,19,21)(H,20,22). The van der Waals surface area contributed by atoms with Crippen LogP contribution in [0.3, 0.4) is 0 Å². The minimum Gasteiger partial charge on any atom is -0.497 e. The quantitative estimate of drug-likeness (QED) is 0.604. The van der Waals surface area contributed by atoms with Crippen molar-refractivity contribution in [2.24, 2.45) is 0 Å². The first-order valence-corrected chi connectivity index (χ1v) is 7.23. The molecule has 1 heterocycles. The number of hydrogen-bond donors (Lipinski definition) is 2. The Kier molecular flexibility index (Phi) is 5.96. The van der Waals surface area contributed by atoms with Crippen LogP contribution in [0.15, 0.2) is 65.4 Å². The Morgan fingerprint density at radius 2 is 2.00 bits per heavy atom. The SMILES string of the molecule is C=CCNC(=O)C(=Cc1ccc(OC)cc1)NC(=O)c1ccco1. The average Bonchev–Trinajstić information content (AvgIpc) is 3.14. The maximum Gasteiger partial charge on any atom is 0.291 e. The van der Waals surface area contributed by atoms with Gasteiger partial charge in [-0.3, -0.25) is 9.59 Å². The Morgan fingerprint density at radius 3 is 2.58 bits per heavy atom. The predicted molar refractivity (Wildman–Crippen MR) is 90.4 cm³/mol. The largest absolute Gasteiger partial charge is 0.497 e. The fraction of sp³-hybridized carbons (Fsp3) is 0.111. The van der Waals surface area contributed by atoms with Crippen molar-refractivity contribution in [1.29, 1.82) is 0 Å². The van der Waals surface area contributed by atoms with E-state index in [2.05, 4.69) is 17.2 Å². The summed E-state index contributed by atoms with van der Waals surface area (Å²) in [6, 6.07) is 10.2. The number of furan rings is 1. The summed E-state index contributed by atoms with van der Waals surface area (Å²) >= 11 is 0. The predicted octanol–water partition coefficient (Wildman–Crippen LogP) is 2.36. The lowest BCUT2D eigenvalue weighted by molar-refractivity contribution is -0.117. The maximum atomic E-state index is 12.2. The van der Waals surface area contributed by atoms with Crippen LogP contribution < -0.4 is 15.4 Å². The second-order valence-corrected chi connectivity index (χ2v) is 4.76. The Hall–Kier alpha value is -3.28. The molecule has 0 spiro atoms. The molecule has 0 atom stereocenters. The van der Waals surface area contributed by atoms with E-state index in [0.29, 0.717) is 5.75 Å². The van der Waals surface area contributed by atoms with Gasteiger partial charge in [-0.2, -0.15) is 0 Å². The molecule has 0 fully saturated rings. The van der Waals surface area contributed by atoms with Crippen molar-refractivity contribution in [1.82, 2.24) is 10.6 Å². The number of amides is 2. The van der Waals surface area contributed by atoms with Gasteiger partial charge in [-0.05, 0) is 35.9 Å². The van der Waals surface area contributed by atoms with Crippen LogP contribution in [0.2, 0.25) is 0 Å². The molecule has 124 valence electrons. The lowest BCUT2D eigenvalue weighted by Crippen LogP contribution is -2.34. The third kappa shape index (κ3) is 4.61. The minimum atomic E-state index is -0.506. The van der Waals surface area contributed by atoms with Gasteiger partial charge < -0.3 is 19.8 Å². The molecule has 24 heavy (non-hydrogen) atoms. The molecular formula is C18H18N2O4. The van der Waals surface area contributed by atoms with Gasteiger partial charge >= 0.3 is 0 Å². The van der Waals surface area contributed by atoms with Gasteiger partial charge in [0, 0.05) is 6.54 Å². The molecule has 2 aromatic rings. The minimum absolute atomic E-state index is 0.100. The first-order chi connectivity index (χ1) is 11.6. The highest BCUT2D eigenvalue weighted by atomic mass is 16.5. The maximum absolute atomic E-state index is 12.2. The van der Waals surface area contributed by atoms with Crippen molar-refractivity contribution in [3.8, 4) is 5.75 Å². The number of ether oxygens (including phenoxy) is 1. The molecule has 0 saturated heterocycles. The van der Waals surface area contributed by atoms with Crippen LogP contribution >= 0.6 is 0 Å². The second-order valence-electron chi connectivity index (χ2n) is 4.76. The van der Waals surface area contributed by atoms with Crippen LogP contribution in [0.5, 0.6) is 5.75 Å². The van der Waals surface area contributed by atoms with Crippen molar-refractivity contribution in [2.75, 3.05) is 13.7 Å². The molecule has 0 unspecified atom stereocenters. The van der Waals surface area contributed by atoms with Crippen molar-refractivity contribution < 1.29 is 18.7 Å². The Balaban J connectivity index is 2.23. The number of carbonyl (C=O) groups excluding carboxylic acids is 2.